The highest BCUT2D eigenvalue weighted by Gasteiger charge is 2.12. The lowest BCUT2D eigenvalue weighted by molar-refractivity contribution is -0.119. The number of benzene rings is 2. The Hall–Kier alpha value is -2.00. The molecular formula is C20H25ClN2O. The van der Waals surface area contributed by atoms with Crippen LogP contribution in [0.3, 0.4) is 0 Å². The molecule has 0 saturated carbocycles. The van der Waals surface area contributed by atoms with Gasteiger partial charge in [-0.05, 0) is 47.2 Å². The number of carbonyl (C=O) groups is 1. The zero-order chi connectivity index (χ0) is 17.6. The number of hydrogen-bond donors (Lipinski definition) is 2. The second-order valence-electron chi connectivity index (χ2n) is 6.91. The molecule has 0 heterocycles. The first-order chi connectivity index (χ1) is 11.3. The highest BCUT2D eigenvalue weighted by atomic mass is 35.5. The van der Waals surface area contributed by atoms with Crippen LogP contribution in [0.2, 0.25) is 5.02 Å². The van der Waals surface area contributed by atoms with E-state index in [9.17, 15) is 4.79 Å². The first-order valence-electron chi connectivity index (χ1n) is 8.20. The van der Waals surface area contributed by atoms with E-state index >= 15 is 0 Å². The molecule has 24 heavy (non-hydrogen) atoms. The molecule has 0 aliphatic rings. The zero-order valence-electron chi connectivity index (χ0n) is 14.5. The third-order valence-electron chi connectivity index (χ3n) is 3.83. The Morgan fingerprint density at radius 3 is 2.42 bits per heavy atom. The van der Waals surface area contributed by atoms with Crippen LogP contribution in [-0.4, -0.2) is 19.0 Å². The van der Waals surface area contributed by atoms with Crippen molar-refractivity contribution in [2.24, 2.45) is 0 Å². The topological polar surface area (TPSA) is 41.1 Å². The highest BCUT2D eigenvalue weighted by Crippen LogP contribution is 2.23. The Morgan fingerprint density at radius 2 is 1.79 bits per heavy atom. The lowest BCUT2D eigenvalue weighted by Gasteiger charge is -2.19. The summed E-state index contributed by atoms with van der Waals surface area (Å²) in [4.78, 5) is 11.9. The van der Waals surface area contributed by atoms with Gasteiger partial charge < -0.3 is 10.6 Å². The molecule has 2 aromatic rings. The largest absolute Gasteiger partial charge is 0.376 e. The van der Waals surface area contributed by atoms with Crippen LogP contribution in [0.5, 0.6) is 0 Å². The van der Waals surface area contributed by atoms with Crippen molar-refractivity contribution in [1.29, 1.82) is 0 Å². The highest BCUT2D eigenvalue weighted by molar-refractivity contribution is 6.30. The van der Waals surface area contributed by atoms with Gasteiger partial charge in [0.05, 0.1) is 6.54 Å². The van der Waals surface area contributed by atoms with E-state index < -0.39 is 0 Å². The van der Waals surface area contributed by atoms with E-state index in [4.69, 9.17) is 11.6 Å². The molecule has 0 bridgehead atoms. The fourth-order valence-electron chi connectivity index (χ4n) is 2.37. The third kappa shape index (κ3) is 5.89. The maximum absolute atomic E-state index is 11.9. The van der Waals surface area contributed by atoms with E-state index in [0.29, 0.717) is 6.54 Å². The van der Waals surface area contributed by atoms with Crippen molar-refractivity contribution in [2.45, 2.75) is 32.6 Å². The van der Waals surface area contributed by atoms with E-state index in [1.807, 2.05) is 36.4 Å². The van der Waals surface area contributed by atoms with Crippen LogP contribution < -0.4 is 10.6 Å². The van der Waals surface area contributed by atoms with Crippen LogP contribution in [0.4, 0.5) is 5.69 Å². The normalized spacial score (nSPS) is 11.2. The number of hydrogen-bond acceptors (Lipinski definition) is 2. The van der Waals surface area contributed by atoms with Crippen molar-refractivity contribution in [3.8, 4) is 0 Å². The zero-order valence-corrected chi connectivity index (χ0v) is 15.3. The molecule has 0 radical (unpaired) electrons. The summed E-state index contributed by atoms with van der Waals surface area (Å²) >= 11 is 5.95. The standard InChI is InChI=1S/C20H25ClN2O/c1-20(2,3)16-7-9-18(10-8-16)23-14-19(24)22-12-11-15-5-4-6-17(21)13-15/h4-10,13,23H,11-12,14H2,1-3H3,(H,22,24). The van der Waals surface area contributed by atoms with Gasteiger partial charge in [0.2, 0.25) is 5.91 Å². The monoisotopic (exact) mass is 344 g/mol. The van der Waals surface area contributed by atoms with Crippen molar-refractivity contribution in [2.75, 3.05) is 18.4 Å². The van der Waals surface area contributed by atoms with Crippen molar-refractivity contribution in [3.63, 3.8) is 0 Å². The van der Waals surface area contributed by atoms with Gasteiger partial charge in [0, 0.05) is 17.3 Å². The minimum absolute atomic E-state index is 0.0167. The van der Waals surface area contributed by atoms with E-state index in [0.717, 1.165) is 22.7 Å². The third-order valence-corrected chi connectivity index (χ3v) is 4.06. The number of anilines is 1. The fourth-order valence-corrected chi connectivity index (χ4v) is 2.58. The Morgan fingerprint density at radius 1 is 1.08 bits per heavy atom. The first-order valence-corrected chi connectivity index (χ1v) is 8.58. The van der Waals surface area contributed by atoms with Gasteiger partial charge in [-0.15, -0.1) is 0 Å². The molecule has 0 unspecified atom stereocenters. The molecule has 0 saturated heterocycles. The smallest absolute Gasteiger partial charge is 0.239 e. The van der Waals surface area contributed by atoms with Crippen LogP contribution >= 0.6 is 11.6 Å². The second-order valence-corrected chi connectivity index (χ2v) is 7.35. The summed E-state index contributed by atoms with van der Waals surface area (Å²) in [6.45, 7) is 7.42. The van der Waals surface area contributed by atoms with Crippen LogP contribution in [-0.2, 0) is 16.6 Å². The van der Waals surface area contributed by atoms with Gasteiger partial charge in [0.15, 0.2) is 0 Å². The Labute approximate surface area is 149 Å². The SMILES string of the molecule is CC(C)(C)c1ccc(NCC(=O)NCCc2cccc(Cl)c2)cc1. The number of halogens is 1. The van der Waals surface area contributed by atoms with Crippen LogP contribution in [0.25, 0.3) is 0 Å². The van der Waals surface area contributed by atoms with Crippen molar-refractivity contribution < 1.29 is 4.79 Å². The molecule has 0 aromatic heterocycles. The minimum atomic E-state index is -0.0167. The molecule has 2 aromatic carbocycles. The Balaban J connectivity index is 1.73. The maximum atomic E-state index is 11.9. The second kappa shape index (κ2) is 8.20. The number of nitrogens with one attached hydrogen (secondary N) is 2. The lowest BCUT2D eigenvalue weighted by atomic mass is 9.87. The number of amides is 1. The average Bonchev–Trinajstić information content (AvgIpc) is 2.52. The molecule has 1 amide bonds. The molecule has 0 aliphatic carbocycles. The number of rotatable bonds is 6. The molecule has 2 N–H and O–H groups in total. The van der Waals surface area contributed by atoms with E-state index in [2.05, 4.69) is 43.5 Å². The first kappa shape index (κ1) is 18.3. The van der Waals surface area contributed by atoms with Gasteiger partial charge in [-0.3, -0.25) is 4.79 Å². The van der Waals surface area contributed by atoms with Crippen molar-refractivity contribution in [3.05, 3.63) is 64.7 Å². The van der Waals surface area contributed by atoms with Gasteiger partial charge in [-0.25, -0.2) is 0 Å². The molecule has 0 atom stereocenters. The van der Waals surface area contributed by atoms with E-state index in [1.165, 1.54) is 5.56 Å². The summed E-state index contributed by atoms with van der Waals surface area (Å²) < 4.78 is 0. The fraction of sp³-hybridized carbons (Fsp3) is 0.350. The predicted molar refractivity (Wildman–Crippen MR) is 102 cm³/mol. The molecule has 3 nitrogen and oxygen atoms in total. The molecule has 0 aliphatic heterocycles. The lowest BCUT2D eigenvalue weighted by Crippen LogP contribution is -2.31. The van der Waals surface area contributed by atoms with Gasteiger partial charge in [0.1, 0.15) is 0 Å². The minimum Gasteiger partial charge on any atom is -0.376 e. The molecule has 128 valence electrons. The number of carbonyl (C=O) groups excluding carboxylic acids is 1. The Bertz CT molecular complexity index is 675. The van der Waals surface area contributed by atoms with Crippen molar-refractivity contribution >= 4 is 23.2 Å². The maximum Gasteiger partial charge on any atom is 0.239 e. The summed E-state index contributed by atoms with van der Waals surface area (Å²) in [6.07, 6.45) is 0.770. The van der Waals surface area contributed by atoms with Crippen LogP contribution in [0.15, 0.2) is 48.5 Å². The van der Waals surface area contributed by atoms with Crippen LogP contribution in [0, 0.1) is 0 Å². The van der Waals surface area contributed by atoms with Gasteiger partial charge in [-0.1, -0.05) is 56.6 Å². The van der Waals surface area contributed by atoms with Crippen LogP contribution in [0.1, 0.15) is 31.9 Å². The van der Waals surface area contributed by atoms with Gasteiger partial charge in [0.25, 0.3) is 0 Å². The molecule has 4 heteroatoms. The molecule has 0 spiro atoms. The van der Waals surface area contributed by atoms with Gasteiger partial charge >= 0.3 is 0 Å². The summed E-state index contributed by atoms with van der Waals surface area (Å²) in [5, 5.41) is 6.78. The van der Waals surface area contributed by atoms with Gasteiger partial charge in [-0.2, -0.15) is 0 Å². The summed E-state index contributed by atoms with van der Waals surface area (Å²) in [6, 6.07) is 15.9. The molecule has 0 fully saturated rings. The summed E-state index contributed by atoms with van der Waals surface area (Å²) in [5.74, 6) is -0.0167. The predicted octanol–water partition coefficient (Wildman–Crippen LogP) is 4.41. The summed E-state index contributed by atoms with van der Waals surface area (Å²) in [7, 11) is 0. The molecular weight excluding hydrogens is 320 g/mol. The van der Waals surface area contributed by atoms with E-state index in [-0.39, 0.29) is 17.9 Å². The molecule has 2 rings (SSSR count). The van der Waals surface area contributed by atoms with Crippen molar-refractivity contribution in [1.82, 2.24) is 5.32 Å². The summed E-state index contributed by atoms with van der Waals surface area (Å²) in [5.41, 5.74) is 3.48. The quantitative estimate of drug-likeness (QED) is 0.815. The average molecular weight is 345 g/mol. The van der Waals surface area contributed by atoms with E-state index in [1.54, 1.807) is 0 Å². The Kier molecular flexibility index (Phi) is 6.27.